The van der Waals surface area contributed by atoms with Crippen LogP contribution in [0.1, 0.15) is 27.2 Å². The maximum Gasteiger partial charge on any atom is 0.226 e. The summed E-state index contributed by atoms with van der Waals surface area (Å²) in [7, 11) is 0. The number of hydrogen-bond donors (Lipinski definition) is 3. The van der Waals surface area contributed by atoms with E-state index in [1.165, 1.54) is 0 Å². The zero-order valence-corrected chi connectivity index (χ0v) is 12.5. The summed E-state index contributed by atoms with van der Waals surface area (Å²) in [5.41, 5.74) is 8.20. The van der Waals surface area contributed by atoms with Gasteiger partial charge in [-0.25, -0.2) is 0 Å². The molecule has 0 saturated heterocycles. The molecule has 0 bridgehead atoms. The van der Waals surface area contributed by atoms with Crippen molar-refractivity contribution < 1.29 is 9.53 Å². The second-order valence-corrected chi connectivity index (χ2v) is 4.92. The molecule has 0 atom stereocenters. The van der Waals surface area contributed by atoms with Gasteiger partial charge in [-0.2, -0.15) is 0 Å². The van der Waals surface area contributed by atoms with Crippen LogP contribution in [-0.4, -0.2) is 25.7 Å². The summed E-state index contributed by atoms with van der Waals surface area (Å²) in [4.78, 5) is 11.6. The summed E-state index contributed by atoms with van der Waals surface area (Å²) >= 11 is 0. The van der Waals surface area contributed by atoms with E-state index >= 15 is 0 Å². The minimum Gasteiger partial charge on any atom is -0.397 e. The Morgan fingerprint density at radius 2 is 2.15 bits per heavy atom. The molecule has 1 amide bonds. The third kappa shape index (κ3) is 5.48. The molecule has 0 unspecified atom stereocenters. The van der Waals surface area contributed by atoms with Crippen molar-refractivity contribution in [1.82, 2.24) is 0 Å². The molecule has 0 fully saturated rings. The lowest BCUT2D eigenvalue weighted by atomic mass is 10.2. The number of rotatable bonds is 8. The normalized spacial score (nSPS) is 10.6. The lowest BCUT2D eigenvalue weighted by molar-refractivity contribution is -0.118. The van der Waals surface area contributed by atoms with E-state index in [-0.39, 0.29) is 11.8 Å². The van der Waals surface area contributed by atoms with Crippen molar-refractivity contribution in [1.29, 1.82) is 0 Å². The SMILES string of the molecule is CCOCCCNc1ccc(NC(=O)C(C)C)cc1N. The van der Waals surface area contributed by atoms with Gasteiger partial charge in [-0.15, -0.1) is 0 Å². The molecule has 0 aliphatic rings. The third-order valence-electron chi connectivity index (χ3n) is 2.83. The van der Waals surface area contributed by atoms with Crippen LogP contribution in [0.25, 0.3) is 0 Å². The topological polar surface area (TPSA) is 76.4 Å². The van der Waals surface area contributed by atoms with Crippen molar-refractivity contribution in [3.05, 3.63) is 18.2 Å². The minimum atomic E-state index is -0.0485. The number of ether oxygens (including phenoxy) is 1. The lowest BCUT2D eigenvalue weighted by Crippen LogP contribution is -2.18. The molecule has 0 aromatic heterocycles. The molecule has 0 radical (unpaired) electrons. The van der Waals surface area contributed by atoms with Gasteiger partial charge in [0.15, 0.2) is 0 Å². The van der Waals surface area contributed by atoms with Crippen LogP contribution >= 0.6 is 0 Å². The molecule has 112 valence electrons. The number of benzene rings is 1. The average Bonchev–Trinajstić information content (AvgIpc) is 2.40. The smallest absolute Gasteiger partial charge is 0.226 e. The quantitative estimate of drug-likeness (QED) is 0.505. The number of nitrogens with two attached hydrogens (primary N) is 1. The van der Waals surface area contributed by atoms with Gasteiger partial charge in [0.05, 0.1) is 11.4 Å². The number of nitrogen functional groups attached to an aromatic ring is 1. The average molecular weight is 279 g/mol. The highest BCUT2D eigenvalue weighted by Gasteiger charge is 2.08. The number of carbonyl (C=O) groups is 1. The van der Waals surface area contributed by atoms with Gasteiger partial charge in [-0.3, -0.25) is 4.79 Å². The summed E-state index contributed by atoms with van der Waals surface area (Å²) in [6.45, 7) is 7.98. The van der Waals surface area contributed by atoms with Gasteiger partial charge in [0.25, 0.3) is 0 Å². The third-order valence-corrected chi connectivity index (χ3v) is 2.83. The Morgan fingerprint density at radius 3 is 2.75 bits per heavy atom. The van der Waals surface area contributed by atoms with E-state index in [2.05, 4.69) is 10.6 Å². The molecule has 5 heteroatoms. The Hall–Kier alpha value is -1.75. The van der Waals surface area contributed by atoms with E-state index in [1.807, 2.05) is 32.9 Å². The van der Waals surface area contributed by atoms with Crippen molar-refractivity contribution in [3.63, 3.8) is 0 Å². The second kappa shape index (κ2) is 8.43. The summed E-state index contributed by atoms with van der Waals surface area (Å²) in [6.07, 6.45) is 0.930. The van der Waals surface area contributed by atoms with Gasteiger partial charge in [0.2, 0.25) is 5.91 Å². The molecule has 0 spiro atoms. The van der Waals surface area contributed by atoms with Crippen molar-refractivity contribution in [2.24, 2.45) is 5.92 Å². The van der Waals surface area contributed by atoms with Gasteiger partial charge >= 0.3 is 0 Å². The van der Waals surface area contributed by atoms with Crippen LogP contribution in [0.2, 0.25) is 0 Å². The summed E-state index contributed by atoms with van der Waals surface area (Å²) in [5.74, 6) is -0.0607. The molecule has 0 heterocycles. The molecule has 1 aromatic rings. The largest absolute Gasteiger partial charge is 0.397 e. The van der Waals surface area contributed by atoms with Crippen molar-refractivity contribution >= 4 is 23.0 Å². The second-order valence-electron chi connectivity index (χ2n) is 4.92. The fourth-order valence-electron chi connectivity index (χ4n) is 1.63. The Balaban J connectivity index is 2.49. The number of anilines is 3. The van der Waals surface area contributed by atoms with E-state index in [4.69, 9.17) is 10.5 Å². The van der Waals surface area contributed by atoms with Crippen LogP contribution < -0.4 is 16.4 Å². The van der Waals surface area contributed by atoms with E-state index in [0.29, 0.717) is 5.69 Å². The van der Waals surface area contributed by atoms with Crippen LogP contribution in [-0.2, 0) is 9.53 Å². The number of hydrogen-bond acceptors (Lipinski definition) is 4. The van der Waals surface area contributed by atoms with Crippen LogP contribution in [0.4, 0.5) is 17.1 Å². The van der Waals surface area contributed by atoms with Gasteiger partial charge in [-0.05, 0) is 31.5 Å². The van der Waals surface area contributed by atoms with Crippen LogP contribution in [0.3, 0.4) is 0 Å². The molecule has 0 aliphatic carbocycles. The van der Waals surface area contributed by atoms with E-state index in [0.717, 1.165) is 37.6 Å². The molecular formula is C15H25N3O2. The fourth-order valence-corrected chi connectivity index (χ4v) is 1.63. The fraction of sp³-hybridized carbons (Fsp3) is 0.533. The minimum absolute atomic E-state index is 0.0122. The summed E-state index contributed by atoms with van der Waals surface area (Å²) in [6, 6.07) is 5.50. The first kappa shape index (κ1) is 16.3. The van der Waals surface area contributed by atoms with Gasteiger partial charge in [0.1, 0.15) is 0 Å². The highest BCUT2D eigenvalue weighted by molar-refractivity contribution is 5.93. The number of carbonyl (C=O) groups excluding carboxylic acids is 1. The van der Waals surface area contributed by atoms with Crippen molar-refractivity contribution in [2.75, 3.05) is 36.1 Å². The molecule has 20 heavy (non-hydrogen) atoms. The first-order valence-corrected chi connectivity index (χ1v) is 7.06. The highest BCUT2D eigenvalue weighted by Crippen LogP contribution is 2.23. The molecule has 5 nitrogen and oxygen atoms in total. The summed E-state index contributed by atoms with van der Waals surface area (Å²) in [5, 5.41) is 6.08. The Kier molecular flexibility index (Phi) is 6.87. The van der Waals surface area contributed by atoms with Gasteiger partial charge in [0, 0.05) is 31.4 Å². The summed E-state index contributed by atoms with van der Waals surface area (Å²) < 4.78 is 5.27. The van der Waals surface area contributed by atoms with E-state index < -0.39 is 0 Å². The molecule has 0 aliphatic heterocycles. The van der Waals surface area contributed by atoms with Crippen LogP contribution in [0.15, 0.2) is 18.2 Å². The Labute approximate surface area is 120 Å². The van der Waals surface area contributed by atoms with Crippen LogP contribution in [0, 0.1) is 5.92 Å². The Bertz CT molecular complexity index is 433. The lowest BCUT2D eigenvalue weighted by Gasteiger charge is -2.12. The standard InChI is InChI=1S/C15H25N3O2/c1-4-20-9-5-8-17-14-7-6-12(10-13(14)16)18-15(19)11(2)3/h6-7,10-11,17H,4-5,8-9,16H2,1-3H3,(H,18,19). The predicted molar refractivity (Wildman–Crippen MR) is 83.9 cm³/mol. The molecule has 0 saturated carbocycles. The maximum absolute atomic E-state index is 11.6. The highest BCUT2D eigenvalue weighted by atomic mass is 16.5. The predicted octanol–water partition coefficient (Wildman–Crippen LogP) is 2.70. The molecular weight excluding hydrogens is 254 g/mol. The van der Waals surface area contributed by atoms with Crippen LogP contribution in [0.5, 0.6) is 0 Å². The maximum atomic E-state index is 11.6. The van der Waals surface area contributed by atoms with E-state index in [1.54, 1.807) is 6.07 Å². The number of amides is 1. The first-order chi connectivity index (χ1) is 9.54. The Morgan fingerprint density at radius 1 is 1.40 bits per heavy atom. The molecule has 1 rings (SSSR count). The molecule has 4 N–H and O–H groups in total. The van der Waals surface area contributed by atoms with Crippen molar-refractivity contribution in [3.8, 4) is 0 Å². The van der Waals surface area contributed by atoms with Gasteiger partial charge < -0.3 is 21.1 Å². The first-order valence-electron chi connectivity index (χ1n) is 7.06. The number of nitrogens with one attached hydrogen (secondary N) is 2. The zero-order valence-electron chi connectivity index (χ0n) is 12.5. The monoisotopic (exact) mass is 279 g/mol. The van der Waals surface area contributed by atoms with E-state index in [9.17, 15) is 4.79 Å². The molecule has 1 aromatic carbocycles. The van der Waals surface area contributed by atoms with Gasteiger partial charge in [-0.1, -0.05) is 13.8 Å². The zero-order chi connectivity index (χ0) is 15.0. The van der Waals surface area contributed by atoms with Crippen molar-refractivity contribution in [2.45, 2.75) is 27.2 Å².